The summed E-state index contributed by atoms with van der Waals surface area (Å²) in [4.78, 5) is 38.3. The zero-order chi connectivity index (χ0) is 27.2. The third kappa shape index (κ3) is 5.56. The lowest BCUT2D eigenvalue weighted by Gasteiger charge is -2.29. The first-order chi connectivity index (χ1) is 18.3. The lowest BCUT2D eigenvalue weighted by molar-refractivity contribution is -0.137. The maximum atomic E-state index is 13.5. The molecule has 0 fully saturated rings. The van der Waals surface area contributed by atoms with E-state index >= 15 is 0 Å². The van der Waals surface area contributed by atoms with E-state index in [0.29, 0.717) is 17.1 Å². The molecule has 0 radical (unpaired) electrons. The first-order valence-electron chi connectivity index (χ1n) is 12.2. The Morgan fingerprint density at radius 2 is 1.53 bits per heavy atom. The Bertz CT molecular complexity index is 1290. The molecule has 1 atom stereocenters. The average molecular weight is 519 g/mol. The van der Waals surface area contributed by atoms with Gasteiger partial charge >= 0.3 is 12.1 Å². The third-order valence-electron chi connectivity index (χ3n) is 6.71. The van der Waals surface area contributed by atoms with Crippen LogP contribution in [0.25, 0.3) is 11.1 Å². The summed E-state index contributed by atoms with van der Waals surface area (Å²) in [6, 6.07) is 19.8. The first-order valence-corrected chi connectivity index (χ1v) is 12.2. The number of hydrogen-bond donors (Lipinski definition) is 2. The van der Waals surface area contributed by atoms with Gasteiger partial charge in [0.1, 0.15) is 12.6 Å². The number of aliphatic carboxylic acids is 1. The van der Waals surface area contributed by atoms with Gasteiger partial charge in [-0.2, -0.15) is 0 Å². The van der Waals surface area contributed by atoms with Crippen molar-refractivity contribution in [2.45, 2.75) is 31.3 Å². The van der Waals surface area contributed by atoms with E-state index in [4.69, 9.17) is 19.9 Å². The standard InChI is InChI=1S/C29H30N2O7/c1-36-25-13-11-18(15-26(25)37-2)16-31(24(28(30)34)12-14-27(32)33)29(35)38-17-23-21-9-5-3-7-19(21)20-8-4-6-10-22(20)23/h3-11,13,15,23-24H,12,14,16-17H2,1-2H3,(H2,30,34)(H,32,33)/t24-/m0/s1. The molecule has 3 aromatic carbocycles. The number of carbonyl (C=O) groups excluding carboxylic acids is 2. The van der Waals surface area contributed by atoms with Crippen molar-refractivity contribution in [1.29, 1.82) is 0 Å². The second kappa shape index (κ2) is 11.7. The fourth-order valence-electron chi connectivity index (χ4n) is 4.87. The van der Waals surface area contributed by atoms with Gasteiger partial charge in [-0.15, -0.1) is 0 Å². The van der Waals surface area contributed by atoms with Gasteiger partial charge in [-0.25, -0.2) is 4.79 Å². The predicted octanol–water partition coefficient (Wildman–Crippen LogP) is 4.17. The van der Waals surface area contributed by atoms with Crippen LogP contribution in [-0.2, 0) is 20.9 Å². The summed E-state index contributed by atoms with van der Waals surface area (Å²) in [6.45, 7) is -0.00996. The highest BCUT2D eigenvalue weighted by Gasteiger charge is 2.33. The van der Waals surface area contributed by atoms with E-state index in [2.05, 4.69) is 0 Å². The van der Waals surface area contributed by atoms with Gasteiger partial charge in [0.25, 0.3) is 0 Å². The minimum absolute atomic E-state index is 0.0414. The molecule has 0 saturated heterocycles. The number of ether oxygens (including phenoxy) is 3. The zero-order valence-corrected chi connectivity index (χ0v) is 21.3. The van der Waals surface area contributed by atoms with Crippen LogP contribution in [-0.4, -0.2) is 54.8 Å². The summed E-state index contributed by atoms with van der Waals surface area (Å²) in [7, 11) is 3.00. The maximum Gasteiger partial charge on any atom is 0.410 e. The van der Waals surface area contributed by atoms with Crippen LogP contribution in [0.15, 0.2) is 66.7 Å². The van der Waals surface area contributed by atoms with Crippen LogP contribution in [0.1, 0.15) is 35.4 Å². The molecule has 2 amide bonds. The van der Waals surface area contributed by atoms with Gasteiger partial charge in [-0.3, -0.25) is 14.5 Å². The van der Waals surface area contributed by atoms with E-state index in [-0.39, 0.29) is 31.9 Å². The van der Waals surface area contributed by atoms with Gasteiger partial charge in [-0.1, -0.05) is 54.6 Å². The Kier molecular flexibility index (Phi) is 8.15. The summed E-state index contributed by atoms with van der Waals surface area (Å²) < 4.78 is 16.4. The number of carbonyl (C=O) groups is 3. The molecule has 3 N–H and O–H groups in total. The van der Waals surface area contributed by atoms with Gasteiger partial charge in [-0.05, 0) is 46.4 Å². The van der Waals surface area contributed by atoms with Gasteiger partial charge in [0, 0.05) is 18.9 Å². The quantitative estimate of drug-likeness (QED) is 0.390. The first kappa shape index (κ1) is 26.5. The normalized spacial score (nSPS) is 12.7. The van der Waals surface area contributed by atoms with Crippen molar-refractivity contribution in [2.75, 3.05) is 20.8 Å². The van der Waals surface area contributed by atoms with Crippen LogP contribution >= 0.6 is 0 Å². The van der Waals surface area contributed by atoms with Gasteiger partial charge in [0.2, 0.25) is 5.91 Å². The van der Waals surface area contributed by atoms with E-state index < -0.39 is 24.0 Å². The minimum atomic E-state index is -1.19. The monoisotopic (exact) mass is 518 g/mol. The Morgan fingerprint density at radius 1 is 0.921 bits per heavy atom. The SMILES string of the molecule is COc1ccc(CN(C(=O)OCC2c3ccccc3-c3ccccc32)[C@@H](CCC(=O)O)C(N)=O)cc1OC. The average Bonchev–Trinajstić information content (AvgIpc) is 3.24. The van der Waals surface area contributed by atoms with Crippen molar-refractivity contribution in [3.8, 4) is 22.6 Å². The summed E-state index contributed by atoms with van der Waals surface area (Å²) in [5, 5.41) is 9.20. The molecule has 4 rings (SSSR count). The van der Waals surface area contributed by atoms with Crippen LogP contribution in [0, 0.1) is 0 Å². The highest BCUT2D eigenvalue weighted by atomic mass is 16.6. The van der Waals surface area contributed by atoms with Crippen molar-refractivity contribution in [3.63, 3.8) is 0 Å². The molecule has 38 heavy (non-hydrogen) atoms. The van der Waals surface area contributed by atoms with Crippen molar-refractivity contribution < 1.29 is 33.7 Å². The number of methoxy groups -OCH3 is 2. The van der Waals surface area contributed by atoms with Crippen molar-refractivity contribution >= 4 is 18.0 Å². The maximum absolute atomic E-state index is 13.5. The molecule has 0 spiro atoms. The van der Waals surface area contributed by atoms with Gasteiger partial charge in [0.15, 0.2) is 11.5 Å². The highest BCUT2D eigenvalue weighted by molar-refractivity contribution is 5.85. The number of nitrogens with zero attached hydrogens (tertiary/aromatic N) is 1. The Morgan fingerprint density at radius 3 is 2.08 bits per heavy atom. The second-order valence-electron chi connectivity index (χ2n) is 8.97. The largest absolute Gasteiger partial charge is 0.493 e. The number of nitrogens with two attached hydrogens (primary N) is 1. The third-order valence-corrected chi connectivity index (χ3v) is 6.71. The molecular weight excluding hydrogens is 488 g/mol. The van der Waals surface area contributed by atoms with Crippen LogP contribution in [0.4, 0.5) is 4.79 Å². The van der Waals surface area contributed by atoms with Gasteiger partial charge in [0.05, 0.1) is 14.2 Å². The lowest BCUT2D eigenvalue weighted by Crippen LogP contribution is -2.48. The van der Waals surface area contributed by atoms with E-state index in [9.17, 15) is 19.5 Å². The fraction of sp³-hybridized carbons (Fsp3) is 0.276. The molecule has 198 valence electrons. The number of hydrogen-bond acceptors (Lipinski definition) is 6. The molecule has 1 aliphatic carbocycles. The Labute approximate surface area is 220 Å². The van der Waals surface area contributed by atoms with Crippen molar-refractivity contribution in [1.82, 2.24) is 4.90 Å². The van der Waals surface area contributed by atoms with E-state index in [1.165, 1.54) is 19.1 Å². The molecule has 0 heterocycles. The second-order valence-corrected chi connectivity index (χ2v) is 8.97. The molecule has 9 nitrogen and oxygen atoms in total. The highest BCUT2D eigenvalue weighted by Crippen LogP contribution is 2.44. The number of benzene rings is 3. The van der Waals surface area contributed by atoms with Crippen LogP contribution < -0.4 is 15.2 Å². The van der Waals surface area contributed by atoms with E-state index in [1.807, 2.05) is 48.5 Å². The van der Waals surface area contributed by atoms with Crippen molar-refractivity contribution in [3.05, 3.63) is 83.4 Å². The van der Waals surface area contributed by atoms with Crippen LogP contribution in [0.3, 0.4) is 0 Å². The smallest absolute Gasteiger partial charge is 0.410 e. The Balaban J connectivity index is 1.60. The molecule has 0 bridgehead atoms. The predicted molar refractivity (Wildman–Crippen MR) is 140 cm³/mol. The van der Waals surface area contributed by atoms with Crippen molar-refractivity contribution in [2.24, 2.45) is 5.73 Å². The summed E-state index contributed by atoms with van der Waals surface area (Å²) in [5.74, 6) is -1.16. The molecule has 0 unspecified atom stereocenters. The lowest BCUT2D eigenvalue weighted by atomic mass is 9.98. The molecule has 3 aromatic rings. The number of carboxylic acid groups (broad SMARTS) is 1. The molecular formula is C29H30N2O7. The number of primary amides is 1. The minimum Gasteiger partial charge on any atom is -0.493 e. The summed E-state index contributed by atoms with van der Waals surface area (Å²) in [6.07, 6.45) is -1.26. The zero-order valence-electron chi connectivity index (χ0n) is 21.3. The molecule has 1 aliphatic rings. The molecule has 0 aliphatic heterocycles. The number of fused-ring (bicyclic) bond motifs is 3. The number of carboxylic acids is 1. The van der Waals surface area contributed by atoms with E-state index in [0.717, 1.165) is 22.3 Å². The topological polar surface area (TPSA) is 128 Å². The Hall–Kier alpha value is -4.53. The van der Waals surface area contributed by atoms with Crippen LogP contribution in [0.5, 0.6) is 11.5 Å². The number of amides is 2. The molecule has 0 aromatic heterocycles. The fourth-order valence-corrected chi connectivity index (χ4v) is 4.87. The van der Waals surface area contributed by atoms with E-state index in [1.54, 1.807) is 18.2 Å². The summed E-state index contributed by atoms with van der Waals surface area (Å²) in [5.41, 5.74) is 10.5. The summed E-state index contributed by atoms with van der Waals surface area (Å²) >= 11 is 0. The van der Waals surface area contributed by atoms with Gasteiger partial charge < -0.3 is 25.1 Å². The van der Waals surface area contributed by atoms with Crippen LogP contribution in [0.2, 0.25) is 0 Å². The molecule has 0 saturated carbocycles. The molecule has 9 heteroatoms. The number of rotatable bonds is 11.